The molecule has 1 unspecified atom stereocenters. The van der Waals surface area contributed by atoms with Gasteiger partial charge in [-0.15, -0.1) is 0 Å². The van der Waals surface area contributed by atoms with Gasteiger partial charge in [0.05, 0.1) is 12.6 Å². The Hall–Kier alpha value is -2.01. The molecule has 2 rings (SSSR count). The fourth-order valence-corrected chi connectivity index (χ4v) is 1.63. The summed E-state index contributed by atoms with van der Waals surface area (Å²) in [6.45, 7) is 3.99. The Kier molecular flexibility index (Phi) is 3.53. The van der Waals surface area contributed by atoms with Gasteiger partial charge in [0, 0.05) is 0 Å². The van der Waals surface area contributed by atoms with Crippen LogP contribution in [-0.2, 0) is 6.54 Å². The lowest BCUT2D eigenvalue weighted by atomic mass is 10.2. The number of furan rings is 2. The highest BCUT2D eigenvalue weighted by atomic mass is 16.4. The first kappa shape index (κ1) is 12.4. The number of rotatable bonds is 4. The SMILES string of the molecule is Cc1ccc(C(C)NC(=O)c2ccc(CN)o2)o1. The fraction of sp³-hybridized carbons (Fsp3) is 0.308. The van der Waals surface area contributed by atoms with Crippen LogP contribution < -0.4 is 11.1 Å². The van der Waals surface area contributed by atoms with E-state index in [0.717, 1.165) is 5.76 Å². The van der Waals surface area contributed by atoms with Crippen molar-refractivity contribution in [3.05, 3.63) is 47.3 Å². The van der Waals surface area contributed by atoms with Crippen LogP contribution in [0.2, 0.25) is 0 Å². The molecular formula is C13H16N2O3. The van der Waals surface area contributed by atoms with Gasteiger partial charge < -0.3 is 19.9 Å². The predicted molar refractivity (Wildman–Crippen MR) is 65.9 cm³/mol. The predicted octanol–water partition coefficient (Wildman–Crippen LogP) is 2.13. The van der Waals surface area contributed by atoms with Gasteiger partial charge in [0.1, 0.15) is 17.3 Å². The Morgan fingerprint density at radius 3 is 2.67 bits per heavy atom. The van der Waals surface area contributed by atoms with E-state index in [4.69, 9.17) is 14.6 Å². The molecule has 0 radical (unpaired) electrons. The molecule has 1 atom stereocenters. The third-order valence-corrected chi connectivity index (χ3v) is 2.62. The van der Waals surface area contributed by atoms with Crippen LogP contribution in [0.1, 0.15) is 40.8 Å². The molecule has 2 heterocycles. The maximum absolute atomic E-state index is 11.9. The monoisotopic (exact) mass is 248 g/mol. The summed E-state index contributed by atoms with van der Waals surface area (Å²) in [5.74, 6) is 2.09. The quantitative estimate of drug-likeness (QED) is 0.868. The third kappa shape index (κ3) is 2.62. The van der Waals surface area contributed by atoms with Crippen molar-refractivity contribution in [3.63, 3.8) is 0 Å². The van der Waals surface area contributed by atoms with Gasteiger partial charge in [-0.1, -0.05) is 0 Å². The Morgan fingerprint density at radius 1 is 1.33 bits per heavy atom. The molecule has 18 heavy (non-hydrogen) atoms. The van der Waals surface area contributed by atoms with Gasteiger partial charge in [0.15, 0.2) is 5.76 Å². The van der Waals surface area contributed by atoms with E-state index in [2.05, 4.69) is 5.32 Å². The lowest BCUT2D eigenvalue weighted by Crippen LogP contribution is -2.25. The maximum Gasteiger partial charge on any atom is 0.287 e. The number of nitrogens with one attached hydrogen (secondary N) is 1. The summed E-state index contributed by atoms with van der Waals surface area (Å²) in [4.78, 5) is 11.9. The molecule has 5 nitrogen and oxygen atoms in total. The molecule has 0 spiro atoms. The number of hydrogen-bond donors (Lipinski definition) is 2. The minimum Gasteiger partial charge on any atom is -0.464 e. The van der Waals surface area contributed by atoms with Gasteiger partial charge in [-0.2, -0.15) is 0 Å². The molecule has 5 heteroatoms. The minimum atomic E-state index is -0.281. The molecule has 2 aromatic heterocycles. The highest BCUT2D eigenvalue weighted by Gasteiger charge is 2.16. The average Bonchev–Trinajstić information content (AvgIpc) is 2.97. The van der Waals surface area contributed by atoms with E-state index in [1.807, 2.05) is 26.0 Å². The largest absolute Gasteiger partial charge is 0.464 e. The van der Waals surface area contributed by atoms with Crippen LogP contribution >= 0.6 is 0 Å². The highest BCUT2D eigenvalue weighted by Crippen LogP contribution is 2.16. The van der Waals surface area contributed by atoms with Crippen LogP contribution in [0.4, 0.5) is 0 Å². The van der Waals surface area contributed by atoms with E-state index in [0.29, 0.717) is 11.5 Å². The zero-order valence-corrected chi connectivity index (χ0v) is 10.4. The molecule has 1 amide bonds. The van der Waals surface area contributed by atoms with Gasteiger partial charge in [-0.05, 0) is 38.1 Å². The zero-order chi connectivity index (χ0) is 13.1. The fourth-order valence-electron chi connectivity index (χ4n) is 1.63. The second-order valence-corrected chi connectivity index (χ2v) is 4.11. The van der Waals surface area contributed by atoms with Crippen molar-refractivity contribution in [1.82, 2.24) is 5.32 Å². The number of carbonyl (C=O) groups is 1. The highest BCUT2D eigenvalue weighted by molar-refractivity contribution is 5.91. The Bertz CT molecular complexity index is 542. The smallest absolute Gasteiger partial charge is 0.287 e. The van der Waals surface area contributed by atoms with Crippen LogP contribution in [-0.4, -0.2) is 5.91 Å². The molecule has 0 aliphatic carbocycles. The topological polar surface area (TPSA) is 81.4 Å². The summed E-state index contributed by atoms with van der Waals surface area (Å²) in [5.41, 5.74) is 5.42. The lowest BCUT2D eigenvalue weighted by Gasteiger charge is -2.09. The first-order valence-corrected chi connectivity index (χ1v) is 5.76. The molecule has 0 aromatic carbocycles. The Balaban J connectivity index is 2.02. The van der Waals surface area contributed by atoms with Crippen molar-refractivity contribution in [2.45, 2.75) is 26.4 Å². The molecular weight excluding hydrogens is 232 g/mol. The van der Waals surface area contributed by atoms with Crippen molar-refractivity contribution in [2.75, 3.05) is 0 Å². The average molecular weight is 248 g/mol. The standard InChI is InChI=1S/C13H16N2O3/c1-8-3-5-11(17-8)9(2)15-13(16)12-6-4-10(7-14)18-12/h3-6,9H,7,14H2,1-2H3,(H,15,16). The van der Waals surface area contributed by atoms with E-state index in [1.54, 1.807) is 12.1 Å². The first-order chi connectivity index (χ1) is 8.60. The van der Waals surface area contributed by atoms with Crippen molar-refractivity contribution in [1.29, 1.82) is 0 Å². The van der Waals surface area contributed by atoms with Gasteiger partial charge in [-0.3, -0.25) is 4.79 Å². The molecule has 0 fully saturated rings. The Morgan fingerprint density at radius 2 is 2.11 bits per heavy atom. The molecule has 0 saturated carbocycles. The second-order valence-electron chi connectivity index (χ2n) is 4.11. The summed E-state index contributed by atoms with van der Waals surface area (Å²) in [6, 6.07) is 6.79. The molecule has 0 saturated heterocycles. The minimum absolute atomic E-state index is 0.211. The Labute approximate surface area is 105 Å². The molecule has 0 bridgehead atoms. The van der Waals surface area contributed by atoms with E-state index in [9.17, 15) is 4.79 Å². The first-order valence-electron chi connectivity index (χ1n) is 5.76. The van der Waals surface area contributed by atoms with E-state index in [-0.39, 0.29) is 24.3 Å². The molecule has 0 aliphatic rings. The summed E-state index contributed by atoms with van der Waals surface area (Å²) in [5, 5.41) is 2.80. The molecule has 2 aromatic rings. The number of amides is 1. The van der Waals surface area contributed by atoms with E-state index in [1.165, 1.54) is 0 Å². The van der Waals surface area contributed by atoms with Crippen molar-refractivity contribution in [3.8, 4) is 0 Å². The molecule has 3 N–H and O–H groups in total. The van der Waals surface area contributed by atoms with Gasteiger partial charge in [0.2, 0.25) is 0 Å². The normalized spacial score (nSPS) is 12.4. The number of nitrogens with two attached hydrogens (primary N) is 1. The summed E-state index contributed by atoms with van der Waals surface area (Å²) < 4.78 is 10.7. The summed E-state index contributed by atoms with van der Waals surface area (Å²) in [7, 11) is 0. The van der Waals surface area contributed by atoms with Crippen molar-refractivity contribution >= 4 is 5.91 Å². The maximum atomic E-state index is 11.9. The zero-order valence-electron chi connectivity index (χ0n) is 10.4. The summed E-state index contributed by atoms with van der Waals surface area (Å²) in [6.07, 6.45) is 0. The van der Waals surface area contributed by atoms with Crippen LogP contribution in [0.5, 0.6) is 0 Å². The van der Waals surface area contributed by atoms with Gasteiger partial charge in [0.25, 0.3) is 5.91 Å². The van der Waals surface area contributed by atoms with Crippen LogP contribution in [0.25, 0.3) is 0 Å². The second kappa shape index (κ2) is 5.10. The summed E-state index contributed by atoms with van der Waals surface area (Å²) >= 11 is 0. The van der Waals surface area contributed by atoms with Crippen molar-refractivity contribution in [2.24, 2.45) is 5.73 Å². The number of carbonyl (C=O) groups excluding carboxylic acids is 1. The molecule has 0 aliphatic heterocycles. The van der Waals surface area contributed by atoms with Crippen LogP contribution in [0.15, 0.2) is 33.1 Å². The van der Waals surface area contributed by atoms with Crippen LogP contribution in [0, 0.1) is 6.92 Å². The molecule has 96 valence electrons. The van der Waals surface area contributed by atoms with Crippen molar-refractivity contribution < 1.29 is 13.6 Å². The number of aryl methyl sites for hydroxylation is 1. The van der Waals surface area contributed by atoms with E-state index >= 15 is 0 Å². The third-order valence-electron chi connectivity index (χ3n) is 2.62. The van der Waals surface area contributed by atoms with E-state index < -0.39 is 0 Å². The lowest BCUT2D eigenvalue weighted by molar-refractivity contribution is 0.0905. The van der Waals surface area contributed by atoms with Crippen LogP contribution in [0.3, 0.4) is 0 Å². The number of hydrogen-bond acceptors (Lipinski definition) is 4. The van der Waals surface area contributed by atoms with Gasteiger partial charge >= 0.3 is 0 Å². The van der Waals surface area contributed by atoms with Gasteiger partial charge in [-0.25, -0.2) is 0 Å².